The van der Waals surface area contributed by atoms with Crippen molar-refractivity contribution in [3.63, 3.8) is 0 Å². The van der Waals surface area contributed by atoms with Gasteiger partial charge in [-0.3, -0.25) is 19.3 Å². The van der Waals surface area contributed by atoms with E-state index in [1.54, 1.807) is 17.0 Å². The second-order valence-electron chi connectivity index (χ2n) is 6.35. The van der Waals surface area contributed by atoms with Crippen molar-refractivity contribution in [3.05, 3.63) is 28.7 Å². The van der Waals surface area contributed by atoms with Crippen molar-refractivity contribution in [3.8, 4) is 11.5 Å². The van der Waals surface area contributed by atoms with Gasteiger partial charge in [-0.05, 0) is 35.5 Å². The number of ether oxygens (including phenoxy) is 3. The number of carboxylic acid groups (broad SMARTS) is 1. The molecule has 2 heterocycles. The predicted octanol–water partition coefficient (Wildman–Crippen LogP) is 1.05. The van der Waals surface area contributed by atoms with Gasteiger partial charge in [0.05, 0.1) is 25.2 Å². The average molecular weight is 436 g/mol. The molecular formula is C19H20N2O8S. The fourth-order valence-electron chi connectivity index (χ4n) is 2.87. The lowest BCUT2D eigenvalue weighted by molar-refractivity contribution is -0.139. The summed E-state index contributed by atoms with van der Waals surface area (Å²) in [6.07, 6.45) is 1.51. The third-order valence-corrected chi connectivity index (χ3v) is 5.27. The molecule has 2 fully saturated rings. The Hall–Kier alpha value is -3.05. The van der Waals surface area contributed by atoms with Gasteiger partial charge in [0.25, 0.3) is 11.1 Å². The highest BCUT2D eigenvalue weighted by molar-refractivity contribution is 8.18. The van der Waals surface area contributed by atoms with Crippen molar-refractivity contribution < 1.29 is 38.5 Å². The molecule has 11 heteroatoms. The molecule has 0 spiro atoms. The summed E-state index contributed by atoms with van der Waals surface area (Å²) in [6, 6.07) is 4.68. The molecular weight excluding hydrogens is 416 g/mol. The van der Waals surface area contributed by atoms with Crippen LogP contribution in [0.4, 0.5) is 4.79 Å². The van der Waals surface area contributed by atoms with E-state index in [0.29, 0.717) is 31.9 Å². The molecule has 160 valence electrons. The summed E-state index contributed by atoms with van der Waals surface area (Å²) in [5.74, 6) is -1.45. The molecule has 2 aliphatic heterocycles. The number of imide groups is 1. The fourth-order valence-corrected chi connectivity index (χ4v) is 3.71. The SMILES string of the molecule is COc1cc(/C=C2/SC(=O)N(CC(=O)N3CCOCC3)C2=O)ccc1OCC(=O)O. The van der Waals surface area contributed by atoms with Crippen LogP contribution in [0.25, 0.3) is 6.08 Å². The van der Waals surface area contributed by atoms with Gasteiger partial charge in [-0.1, -0.05) is 6.07 Å². The van der Waals surface area contributed by atoms with Crippen LogP contribution in [0.2, 0.25) is 0 Å². The van der Waals surface area contributed by atoms with E-state index in [1.165, 1.54) is 19.3 Å². The number of aliphatic carboxylic acids is 1. The molecule has 0 bridgehead atoms. The largest absolute Gasteiger partial charge is 0.493 e. The normalized spacial score (nSPS) is 18.1. The zero-order valence-electron chi connectivity index (χ0n) is 16.2. The van der Waals surface area contributed by atoms with E-state index < -0.39 is 23.7 Å². The first-order valence-electron chi connectivity index (χ1n) is 9.02. The van der Waals surface area contributed by atoms with Gasteiger partial charge in [0.2, 0.25) is 5.91 Å². The standard InChI is InChI=1S/C19H20N2O8S/c1-27-14-8-12(2-3-13(14)29-11-17(23)24)9-15-18(25)21(19(26)30-15)10-16(22)20-4-6-28-7-5-20/h2-3,8-9H,4-7,10-11H2,1H3,(H,23,24)/b15-9+. The Balaban J connectivity index is 1.71. The third kappa shape index (κ3) is 5.10. The first kappa shape index (κ1) is 21.7. The van der Waals surface area contributed by atoms with E-state index >= 15 is 0 Å². The summed E-state index contributed by atoms with van der Waals surface area (Å²) in [7, 11) is 1.40. The smallest absolute Gasteiger partial charge is 0.341 e. The molecule has 1 N–H and O–H groups in total. The summed E-state index contributed by atoms with van der Waals surface area (Å²) in [6.45, 7) is 0.893. The van der Waals surface area contributed by atoms with Crippen molar-refractivity contribution in [1.29, 1.82) is 0 Å². The molecule has 0 aliphatic carbocycles. The van der Waals surface area contributed by atoms with Crippen molar-refractivity contribution in [2.24, 2.45) is 0 Å². The van der Waals surface area contributed by atoms with Crippen molar-refractivity contribution in [1.82, 2.24) is 9.80 Å². The Morgan fingerprint density at radius 1 is 1.23 bits per heavy atom. The molecule has 2 aliphatic rings. The maximum absolute atomic E-state index is 12.6. The number of carboxylic acids is 1. The van der Waals surface area contributed by atoms with Gasteiger partial charge < -0.3 is 24.2 Å². The molecule has 10 nitrogen and oxygen atoms in total. The molecule has 2 saturated heterocycles. The maximum atomic E-state index is 12.6. The lowest BCUT2D eigenvalue weighted by Gasteiger charge is -2.28. The van der Waals surface area contributed by atoms with E-state index in [9.17, 15) is 19.2 Å². The number of hydrogen-bond acceptors (Lipinski definition) is 8. The Bertz CT molecular complexity index is 895. The van der Waals surface area contributed by atoms with Crippen LogP contribution in [0, 0.1) is 0 Å². The average Bonchev–Trinajstić information content (AvgIpc) is 3.00. The van der Waals surface area contributed by atoms with Crippen molar-refractivity contribution in [2.75, 3.05) is 46.6 Å². The number of carbonyl (C=O) groups excluding carboxylic acids is 3. The van der Waals surface area contributed by atoms with Gasteiger partial charge in [0, 0.05) is 13.1 Å². The van der Waals surface area contributed by atoms with Crippen molar-refractivity contribution >= 4 is 40.9 Å². The monoisotopic (exact) mass is 436 g/mol. The topological polar surface area (TPSA) is 123 Å². The highest BCUT2D eigenvalue weighted by Gasteiger charge is 2.37. The van der Waals surface area contributed by atoms with Gasteiger partial charge in [0.1, 0.15) is 6.54 Å². The molecule has 0 saturated carbocycles. The summed E-state index contributed by atoms with van der Waals surface area (Å²) in [5, 5.41) is 8.21. The number of methoxy groups -OCH3 is 1. The lowest BCUT2D eigenvalue weighted by Crippen LogP contribution is -2.46. The lowest BCUT2D eigenvalue weighted by atomic mass is 10.2. The van der Waals surface area contributed by atoms with Gasteiger partial charge in [-0.25, -0.2) is 4.79 Å². The second-order valence-corrected chi connectivity index (χ2v) is 7.35. The molecule has 0 unspecified atom stereocenters. The minimum Gasteiger partial charge on any atom is -0.493 e. The third-order valence-electron chi connectivity index (χ3n) is 4.37. The molecule has 0 radical (unpaired) electrons. The Labute approximate surface area is 176 Å². The molecule has 3 rings (SSSR count). The van der Waals surface area contributed by atoms with Crippen LogP contribution in [0.1, 0.15) is 5.56 Å². The maximum Gasteiger partial charge on any atom is 0.341 e. The Morgan fingerprint density at radius 3 is 2.63 bits per heavy atom. The minimum absolute atomic E-state index is 0.177. The van der Waals surface area contributed by atoms with Gasteiger partial charge in [-0.15, -0.1) is 0 Å². The van der Waals surface area contributed by atoms with Gasteiger partial charge >= 0.3 is 5.97 Å². The molecule has 30 heavy (non-hydrogen) atoms. The van der Waals surface area contributed by atoms with Crippen molar-refractivity contribution in [2.45, 2.75) is 0 Å². The zero-order valence-corrected chi connectivity index (χ0v) is 17.0. The summed E-state index contributed by atoms with van der Waals surface area (Å²) < 4.78 is 15.5. The van der Waals surface area contributed by atoms with Crippen LogP contribution in [-0.4, -0.2) is 84.5 Å². The molecule has 1 aromatic carbocycles. The van der Waals surface area contributed by atoms with Crippen LogP contribution in [0.3, 0.4) is 0 Å². The van der Waals surface area contributed by atoms with Gasteiger partial charge in [-0.2, -0.15) is 0 Å². The first-order chi connectivity index (χ1) is 14.4. The number of amides is 3. The number of morpholine rings is 1. The van der Waals surface area contributed by atoms with E-state index in [-0.39, 0.29) is 28.9 Å². The highest BCUT2D eigenvalue weighted by atomic mass is 32.2. The van der Waals surface area contributed by atoms with Crippen LogP contribution in [0.15, 0.2) is 23.1 Å². The fraction of sp³-hybridized carbons (Fsp3) is 0.368. The first-order valence-corrected chi connectivity index (χ1v) is 9.84. The molecule has 0 atom stereocenters. The number of carbonyl (C=O) groups is 4. The van der Waals surface area contributed by atoms with Crippen LogP contribution < -0.4 is 9.47 Å². The Morgan fingerprint density at radius 2 is 1.97 bits per heavy atom. The summed E-state index contributed by atoms with van der Waals surface area (Å²) in [5.41, 5.74) is 0.555. The predicted molar refractivity (Wildman–Crippen MR) is 106 cm³/mol. The zero-order chi connectivity index (χ0) is 21.7. The van der Waals surface area contributed by atoms with Crippen LogP contribution in [-0.2, 0) is 19.1 Å². The summed E-state index contributed by atoms with van der Waals surface area (Å²) >= 11 is 0.750. The highest BCUT2D eigenvalue weighted by Crippen LogP contribution is 2.34. The van der Waals surface area contributed by atoms with Gasteiger partial charge in [0.15, 0.2) is 18.1 Å². The van der Waals surface area contributed by atoms with E-state index in [1.807, 2.05) is 0 Å². The second kappa shape index (κ2) is 9.63. The minimum atomic E-state index is -1.12. The van der Waals surface area contributed by atoms with Crippen LogP contribution in [0.5, 0.6) is 11.5 Å². The number of benzene rings is 1. The summed E-state index contributed by atoms with van der Waals surface area (Å²) in [4.78, 5) is 50.6. The van der Waals surface area contributed by atoms with E-state index in [0.717, 1.165) is 16.7 Å². The molecule has 0 aromatic heterocycles. The molecule has 1 aromatic rings. The Kier molecular flexibility index (Phi) is 6.95. The number of rotatable bonds is 7. The molecule has 3 amide bonds. The van der Waals surface area contributed by atoms with E-state index in [4.69, 9.17) is 19.3 Å². The number of nitrogens with zero attached hydrogens (tertiary/aromatic N) is 2. The van der Waals surface area contributed by atoms with Crippen LogP contribution >= 0.6 is 11.8 Å². The van der Waals surface area contributed by atoms with E-state index in [2.05, 4.69) is 0 Å². The number of thioether (sulfide) groups is 1. The quantitative estimate of drug-likeness (QED) is 0.625. The number of hydrogen-bond donors (Lipinski definition) is 1.